The van der Waals surface area contributed by atoms with Crippen molar-refractivity contribution < 1.29 is 33.2 Å². The summed E-state index contributed by atoms with van der Waals surface area (Å²) in [4.78, 5) is 25.8. The van der Waals surface area contributed by atoms with Gasteiger partial charge in [0.25, 0.3) is 0 Å². The van der Waals surface area contributed by atoms with E-state index < -0.39 is 22.0 Å². The molecule has 0 aliphatic heterocycles. The quantitative estimate of drug-likeness (QED) is 0.276. The molecule has 0 aliphatic carbocycles. The van der Waals surface area contributed by atoms with Crippen LogP contribution in [0.3, 0.4) is 0 Å². The van der Waals surface area contributed by atoms with Crippen molar-refractivity contribution in [2.75, 3.05) is 6.54 Å². The number of nitrogens with one attached hydrogen (secondary N) is 2. The molecule has 0 unspecified atom stereocenters. The van der Waals surface area contributed by atoms with Gasteiger partial charge in [-0.2, -0.15) is 4.72 Å². The normalized spacial score (nSPS) is 13.3. The van der Waals surface area contributed by atoms with E-state index in [1.165, 1.54) is 43.3 Å². The highest BCUT2D eigenvalue weighted by Gasteiger charge is 2.28. The fraction of sp³-hybridized carbons (Fsp3) is 0.188. The Morgan fingerprint density at radius 3 is 2.27 bits per heavy atom. The van der Waals surface area contributed by atoms with Crippen LogP contribution in [0.1, 0.15) is 21.5 Å². The van der Waals surface area contributed by atoms with Crippen molar-refractivity contribution in [2.24, 2.45) is 0 Å². The van der Waals surface area contributed by atoms with Gasteiger partial charge >= 0.3 is 11.9 Å². The first-order valence-electron chi connectivity index (χ1n) is 7.42. The van der Waals surface area contributed by atoms with Crippen molar-refractivity contribution in [3.63, 3.8) is 0 Å². The van der Waals surface area contributed by atoms with E-state index in [0.29, 0.717) is 9.75 Å². The molecule has 0 bridgehead atoms. The topological polar surface area (TPSA) is 135 Å². The van der Waals surface area contributed by atoms with E-state index in [2.05, 4.69) is 9.71 Å². The Bertz CT molecular complexity index is 935. The van der Waals surface area contributed by atoms with Gasteiger partial charge in [0.05, 0.1) is 9.77 Å². The standard InChI is InChI=1S/C16H16N2O6S2/c1-10(19)13-7-8-14(25-13)15(20)17-9-12(16(21)22)18-26(23,24)11-5-3-2-4-6-11/h2-8,12,18H,9H2,1H3,(H,17,20)(H,21,22)/p+1/t12-/m0/s1. The molecule has 2 aromatic rings. The van der Waals surface area contributed by atoms with E-state index in [9.17, 15) is 28.2 Å². The number of rotatable bonds is 8. The molecule has 0 spiro atoms. The van der Waals surface area contributed by atoms with Crippen LogP contribution in [0.15, 0.2) is 47.4 Å². The van der Waals surface area contributed by atoms with Crippen molar-refractivity contribution >= 4 is 39.0 Å². The predicted octanol–water partition coefficient (Wildman–Crippen LogP) is -0.232. The number of hydrogen-bond acceptors (Lipinski definition) is 5. The Balaban J connectivity index is 2.15. The third-order valence-corrected chi connectivity index (χ3v) is 5.99. The lowest BCUT2D eigenvalue weighted by Gasteiger charge is -2.10. The summed E-state index contributed by atoms with van der Waals surface area (Å²) in [6.07, 6.45) is 0. The molecule has 0 aliphatic rings. The molecule has 26 heavy (non-hydrogen) atoms. The van der Waals surface area contributed by atoms with Gasteiger partial charge in [-0.25, -0.2) is 13.4 Å². The minimum Gasteiger partial charge on any atom is -0.480 e. The van der Waals surface area contributed by atoms with E-state index >= 15 is 0 Å². The molecule has 0 saturated heterocycles. The molecule has 1 aromatic carbocycles. The first-order valence-corrected chi connectivity index (χ1v) is 9.72. The molecule has 0 radical (unpaired) electrons. The number of hydrogen-bond donors (Lipinski definition) is 4. The molecule has 0 amide bonds. The van der Waals surface area contributed by atoms with Gasteiger partial charge in [-0.3, -0.25) is 9.59 Å². The summed E-state index contributed by atoms with van der Waals surface area (Å²) >= 11 is 1.03. The molecular weight excluding hydrogens is 380 g/mol. The Morgan fingerprint density at radius 1 is 1.12 bits per heavy atom. The minimum absolute atomic E-state index is 0.0659. The molecule has 8 nitrogen and oxygen atoms in total. The highest BCUT2D eigenvalue weighted by Crippen LogP contribution is 2.15. The zero-order chi connectivity index (χ0) is 19.3. The van der Waals surface area contributed by atoms with Crippen LogP contribution >= 0.6 is 11.3 Å². The summed E-state index contributed by atoms with van der Waals surface area (Å²) in [6.45, 7) is 0.999. The van der Waals surface area contributed by atoms with E-state index in [-0.39, 0.29) is 23.1 Å². The third kappa shape index (κ3) is 4.97. The molecule has 10 heteroatoms. The number of thiophene rings is 1. The average molecular weight is 397 g/mol. The maximum Gasteiger partial charge on any atom is 0.376 e. The first kappa shape index (κ1) is 19.8. The number of benzene rings is 1. The molecule has 1 heterocycles. The van der Waals surface area contributed by atoms with E-state index in [1.54, 1.807) is 6.07 Å². The minimum atomic E-state index is -4.03. The predicted molar refractivity (Wildman–Crippen MR) is 95.1 cm³/mol. The van der Waals surface area contributed by atoms with Crippen molar-refractivity contribution in [2.45, 2.75) is 17.9 Å². The molecule has 0 fully saturated rings. The molecule has 138 valence electrons. The lowest BCUT2D eigenvalue weighted by atomic mass is 10.3. The van der Waals surface area contributed by atoms with Gasteiger partial charge in [0.15, 0.2) is 18.4 Å². The van der Waals surface area contributed by atoms with Gasteiger partial charge in [-0.05, 0) is 31.2 Å². The Morgan fingerprint density at radius 2 is 1.73 bits per heavy atom. The summed E-state index contributed by atoms with van der Waals surface area (Å²) in [7, 11) is -4.03. The summed E-state index contributed by atoms with van der Waals surface area (Å²) in [6, 6.07) is 8.89. The third-order valence-electron chi connectivity index (χ3n) is 3.31. The fourth-order valence-corrected chi connectivity index (χ4v) is 4.01. The number of aliphatic hydroxyl groups excluding tert-OH is 1. The number of aliphatic hydroxyl groups is 1. The SMILES string of the molecule is CC(=O)c1ccc(C(O)=[NH+]C[C@H](NS(=O)(=O)c2ccccc2)C(=O)O)s1. The van der Waals surface area contributed by atoms with Crippen molar-refractivity contribution in [1.29, 1.82) is 0 Å². The van der Waals surface area contributed by atoms with Gasteiger partial charge in [-0.15, -0.1) is 11.3 Å². The fourth-order valence-electron chi connectivity index (χ4n) is 1.97. The van der Waals surface area contributed by atoms with Crippen molar-refractivity contribution in [1.82, 2.24) is 4.72 Å². The Labute approximate surface area is 153 Å². The van der Waals surface area contributed by atoms with Crippen LogP contribution in [0.4, 0.5) is 0 Å². The maximum absolute atomic E-state index is 12.2. The summed E-state index contributed by atoms with van der Waals surface area (Å²) in [5.74, 6) is -1.90. The van der Waals surface area contributed by atoms with Crippen LogP contribution in [-0.4, -0.2) is 48.9 Å². The number of aliphatic carboxylic acids is 1. The summed E-state index contributed by atoms with van der Waals surface area (Å²) < 4.78 is 26.5. The van der Waals surface area contributed by atoms with Crippen LogP contribution < -0.4 is 9.71 Å². The van der Waals surface area contributed by atoms with Crippen LogP contribution in [-0.2, 0) is 14.8 Å². The average Bonchev–Trinajstić information content (AvgIpc) is 3.09. The summed E-state index contributed by atoms with van der Waals surface area (Å²) in [5.41, 5.74) is 0. The highest BCUT2D eigenvalue weighted by atomic mass is 32.2. The zero-order valence-corrected chi connectivity index (χ0v) is 15.3. The van der Waals surface area contributed by atoms with Crippen molar-refractivity contribution in [3.8, 4) is 0 Å². The van der Waals surface area contributed by atoms with Crippen LogP contribution in [0.2, 0.25) is 0 Å². The van der Waals surface area contributed by atoms with Gasteiger partial charge in [-0.1, -0.05) is 18.2 Å². The first-order chi connectivity index (χ1) is 12.2. The molecule has 2 rings (SSSR count). The second-order valence-corrected chi connectivity index (χ2v) is 8.07. The van der Waals surface area contributed by atoms with Gasteiger partial charge in [0.1, 0.15) is 4.88 Å². The molecule has 1 atom stereocenters. The second kappa shape index (κ2) is 8.21. The van der Waals surface area contributed by atoms with E-state index in [0.717, 1.165) is 11.3 Å². The Kier molecular flexibility index (Phi) is 6.24. The van der Waals surface area contributed by atoms with Crippen LogP contribution in [0, 0.1) is 0 Å². The number of carbonyl (C=O) groups is 2. The number of Topliss-reactive ketones (excluding diaryl/α,β-unsaturated/α-hetero) is 1. The number of carbonyl (C=O) groups excluding carboxylic acids is 1. The van der Waals surface area contributed by atoms with Crippen molar-refractivity contribution in [3.05, 3.63) is 52.2 Å². The van der Waals surface area contributed by atoms with Gasteiger partial charge < -0.3 is 10.2 Å². The largest absolute Gasteiger partial charge is 0.480 e. The lowest BCUT2D eigenvalue weighted by molar-refractivity contribution is -0.467. The monoisotopic (exact) mass is 397 g/mol. The zero-order valence-electron chi connectivity index (χ0n) is 13.7. The molecule has 0 saturated carbocycles. The second-order valence-electron chi connectivity index (χ2n) is 5.27. The summed E-state index contributed by atoms with van der Waals surface area (Å²) in [5, 5.41) is 19.2. The smallest absolute Gasteiger partial charge is 0.376 e. The number of ketones is 1. The van der Waals surface area contributed by atoms with Gasteiger partial charge in [0.2, 0.25) is 10.0 Å². The van der Waals surface area contributed by atoms with Crippen LogP contribution in [0.25, 0.3) is 0 Å². The van der Waals surface area contributed by atoms with Crippen LogP contribution in [0.5, 0.6) is 0 Å². The Hall–Kier alpha value is -2.56. The lowest BCUT2D eigenvalue weighted by Crippen LogP contribution is -2.78. The van der Waals surface area contributed by atoms with Gasteiger partial charge in [0, 0.05) is 0 Å². The van der Waals surface area contributed by atoms with E-state index in [1.807, 2.05) is 0 Å². The maximum atomic E-state index is 12.2. The number of sulfonamides is 1. The van der Waals surface area contributed by atoms with E-state index in [4.69, 9.17) is 0 Å². The molecule has 1 aromatic heterocycles. The molecular formula is C16H17N2O6S2+. The number of carboxylic acids is 1. The number of carboxylic acid groups (broad SMARTS) is 1. The highest BCUT2D eigenvalue weighted by molar-refractivity contribution is 7.89. The molecule has 4 N–H and O–H groups in total.